The van der Waals surface area contributed by atoms with Crippen molar-refractivity contribution in [2.45, 2.75) is 32.6 Å². The van der Waals surface area contributed by atoms with Crippen LogP contribution in [0.1, 0.15) is 31.7 Å². The fourth-order valence-electron chi connectivity index (χ4n) is 2.26. The number of carbonyl (C=O) groups excluding carboxylic acids is 1. The molecular formula is C16H20N2O3. The van der Waals surface area contributed by atoms with Crippen LogP contribution in [0.3, 0.4) is 0 Å². The monoisotopic (exact) mass is 288 g/mol. The Morgan fingerprint density at radius 1 is 1.29 bits per heavy atom. The number of nitrogens with one attached hydrogen (secondary N) is 2. The fourth-order valence-corrected chi connectivity index (χ4v) is 2.26. The highest BCUT2D eigenvalue weighted by Crippen LogP contribution is 2.24. The zero-order valence-corrected chi connectivity index (χ0v) is 12.1. The molecule has 0 aliphatic rings. The van der Waals surface area contributed by atoms with Crippen LogP contribution in [0, 0.1) is 0 Å². The molecule has 0 unspecified atom stereocenters. The molecule has 2 aromatic rings. The molecule has 1 aromatic heterocycles. The number of pyridine rings is 1. The molecule has 0 atom stereocenters. The minimum atomic E-state index is -0.421. The van der Waals surface area contributed by atoms with E-state index in [1.165, 1.54) is 0 Å². The van der Waals surface area contributed by atoms with Gasteiger partial charge in [0.2, 0.25) is 5.91 Å². The average Bonchev–Trinajstić information content (AvgIpc) is 2.48. The zero-order valence-electron chi connectivity index (χ0n) is 12.1. The van der Waals surface area contributed by atoms with Gasteiger partial charge in [-0.3, -0.25) is 9.59 Å². The average molecular weight is 288 g/mol. The third-order valence-corrected chi connectivity index (χ3v) is 3.43. The molecule has 112 valence electrons. The van der Waals surface area contributed by atoms with Crippen LogP contribution in [-0.2, 0) is 11.2 Å². The molecule has 3 N–H and O–H groups in total. The van der Waals surface area contributed by atoms with E-state index in [1.807, 2.05) is 0 Å². The lowest BCUT2D eigenvalue weighted by atomic mass is 10.1. The number of amides is 1. The van der Waals surface area contributed by atoms with E-state index in [2.05, 4.69) is 17.2 Å². The number of aromatic amines is 1. The number of aromatic hydroxyl groups is 1. The second kappa shape index (κ2) is 6.92. The quantitative estimate of drug-likeness (QED) is 0.712. The zero-order chi connectivity index (χ0) is 15.2. The first-order valence-corrected chi connectivity index (χ1v) is 7.23. The summed E-state index contributed by atoms with van der Waals surface area (Å²) in [6.07, 6.45) is 2.95. The van der Waals surface area contributed by atoms with E-state index in [4.69, 9.17) is 0 Å². The number of aromatic nitrogens is 1. The number of benzene rings is 1. The van der Waals surface area contributed by atoms with E-state index in [9.17, 15) is 14.7 Å². The maximum Gasteiger partial charge on any atom is 0.255 e. The summed E-state index contributed by atoms with van der Waals surface area (Å²) in [6, 6.07) is 6.97. The van der Waals surface area contributed by atoms with E-state index in [-0.39, 0.29) is 23.6 Å². The minimum absolute atomic E-state index is 0.113. The summed E-state index contributed by atoms with van der Waals surface area (Å²) >= 11 is 0. The maximum absolute atomic E-state index is 12.0. The molecule has 21 heavy (non-hydrogen) atoms. The topological polar surface area (TPSA) is 82.2 Å². The van der Waals surface area contributed by atoms with Crippen LogP contribution in [-0.4, -0.2) is 22.5 Å². The molecule has 1 aromatic carbocycles. The first kappa shape index (κ1) is 15.1. The van der Waals surface area contributed by atoms with Gasteiger partial charge in [0.15, 0.2) is 0 Å². The summed E-state index contributed by atoms with van der Waals surface area (Å²) in [7, 11) is 0. The van der Waals surface area contributed by atoms with Gasteiger partial charge in [-0.15, -0.1) is 0 Å². The fraction of sp³-hybridized carbons (Fsp3) is 0.375. The number of carbonyl (C=O) groups is 1. The Balaban J connectivity index is 2.15. The molecule has 5 nitrogen and oxygen atoms in total. The minimum Gasteiger partial charge on any atom is -0.507 e. The van der Waals surface area contributed by atoms with Crippen molar-refractivity contribution in [3.63, 3.8) is 0 Å². The standard InChI is InChI=1S/C16H20N2O3/c1-2-3-6-9-17-14(19)10-12-15(20)11-7-4-5-8-13(11)18-16(12)21/h4-5,7-8H,2-3,6,9-10H2,1H3,(H,17,19)(H2,18,20,21). The van der Waals surface area contributed by atoms with Crippen LogP contribution < -0.4 is 10.9 Å². The first-order chi connectivity index (χ1) is 10.1. The summed E-state index contributed by atoms with van der Waals surface area (Å²) in [4.78, 5) is 26.5. The lowest BCUT2D eigenvalue weighted by Crippen LogP contribution is -2.28. The molecule has 0 fully saturated rings. The third-order valence-electron chi connectivity index (χ3n) is 3.43. The highest BCUT2D eigenvalue weighted by Gasteiger charge is 2.14. The number of rotatable bonds is 6. The molecule has 2 rings (SSSR count). The normalized spacial score (nSPS) is 10.7. The van der Waals surface area contributed by atoms with Gasteiger partial charge >= 0.3 is 0 Å². The van der Waals surface area contributed by atoms with Gasteiger partial charge in [-0.2, -0.15) is 0 Å². The van der Waals surface area contributed by atoms with Crippen molar-refractivity contribution >= 4 is 16.8 Å². The summed E-state index contributed by atoms with van der Waals surface area (Å²) in [5.74, 6) is -0.361. The SMILES string of the molecule is CCCCCNC(=O)Cc1c(O)c2ccccc2[nH]c1=O. The lowest BCUT2D eigenvalue weighted by Gasteiger charge is -2.08. The van der Waals surface area contributed by atoms with Crippen molar-refractivity contribution in [3.8, 4) is 5.75 Å². The van der Waals surface area contributed by atoms with Gasteiger partial charge in [0.1, 0.15) is 5.75 Å². The van der Waals surface area contributed by atoms with Gasteiger partial charge in [-0.25, -0.2) is 0 Å². The molecule has 1 heterocycles. The van der Waals surface area contributed by atoms with E-state index >= 15 is 0 Å². The van der Waals surface area contributed by atoms with E-state index in [1.54, 1.807) is 24.3 Å². The molecule has 0 bridgehead atoms. The number of H-pyrrole nitrogens is 1. The molecule has 0 aliphatic carbocycles. The molecule has 0 saturated heterocycles. The van der Waals surface area contributed by atoms with Crippen LogP contribution in [0.25, 0.3) is 10.9 Å². The molecule has 1 amide bonds. The number of hydrogen-bond acceptors (Lipinski definition) is 3. The molecule has 5 heteroatoms. The Hall–Kier alpha value is -2.30. The highest BCUT2D eigenvalue weighted by atomic mass is 16.3. The Kier molecular flexibility index (Phi) is 4.98. The van der Waals surface area contributed by atoms with Crippen molar-refractivity contribution < 1.29 is 9.90 Å². The first-order valence-electron chi connectivity index (χ1n) is 7.23. The highest BCUT2D eigenvalue weighted by molar-refractivity contribution is 5.88. The van der Waals surface area contributed by atoms with Gasteiger partial charge < -0.3 is 15.4 Å². The molecule has 0 aliphatic heterocycles. The van der Waals surface area contributed by atoms with Crippen LogP contribution in [0.15, 0.2) is 29.1 Å². The smallest absolute Gasteiger partial charge is 0.255 e. The summed E-state index contributed by atoms with van der Waals surface area (Å²) < 4.78 is 0. The molecular weight excluding hydrogens is 268 g/mol. The third kappa shape index (κ3) is 3.62. The van der Waals surface area contributed by atoms with Crippen LogP contribution in [0.2, 0.25) is 0 Å². The predicted molar refractivity (Wildman–Crippen MR) is 82.5 cm³/mol. The van der Waals surface area contributed by atoms with Crippen LogP contribution >= 0.6 is 0 Å². The van der Waals surface area contributed by atoms with E-state index in [0.717, 1.165) is 19.3 Å². The van der Waals surface area contributed by atoms with Gasteiger partial charge in [0.25, 0.3) is 5.56 Å². The molecule has 0 spiro atoms. The Morgan fingerprint density at radius 3 is 2.81 bits per heavy atom. The van der Waals surface area contributed by atoms with Gasteiger partial charge in [-0.05, 0) is 18.6 Å². The van der Waals surface area contributed by atoms with Crippen molar-refractivity contribution in [1.29, 1.82) is 0 Å². The van der Waals surface area contributed by atoms with Gasteiger partial charge in [-0.1, -0.05) is 31.9 Å². The number of hydrogen-bond donors (Lipinski definition) is 3. The van der Waals surface area contributed by atoms with E-state index < -0.39 is 5.56 Å². The summed E-state index contributed by atoms with van der Waals surface area (Å²) in [6.45, 7) is 2.69. The number of unbranched alkanes of at least 4 members (excludes halogenated alkanes) is 2. The second-order valence-corrected chi connectivity index (χ2v) is 5.06. The second-order valence-electron chi connectivity index (χ2n) is 5.06. The Bertz CT molecular complexity index is 691. The predicted octanol–water partition coefficient (Wildman–Crippen LogP) is 2.08. The molecule has 0 saturated carbocycles. The van der Waals surface area contributed by atoms with Crippen molar-refractivity contribution in [2.24, 2.45) is 0 Å². The Morgan fingerprint density at radius 2 is 2.05 bits per heavy atom. The molecule has 0 radical (unpaired) electrons. The lowest BCUT2D eigenvalue weighted by molar-refractivity contribution is -0.120. The van der Waals surface area contributed by atoms with Crippen LogP contribution in [0.4, 0.5) is 0 Å². The largest absolute Gasteiger partial charge is 0.507 e. The van der Waals surface area contributed by atoms with Gasteiger partial charge in [0, 0.05) is 11.9 Å². The van der Waals surface area contributed by atoms with Crippen molar-refractivity contribution in [1.82, 2.24) is 10.3 Å². The maximum atomic E-state index is 12.0. The van der Waals surface area contributed by atoms with Crippen molar-refractivity contribution in [2.75, 3.05) is 6.54 Å². The summed E-state index contributed by atoms with van der Waals surface area (Å²) in [5.41, 5.74) is 0.253. The summed E-state index contributed by atoms with van der Waals surface area (Å²) in [5, 5.41) is 13.5. The number of para-hydroxylation sites is 1. The van der Waals surface area contributed by atoms with Crippen LogP contribution in [0.5, 0.6) is 5.75 Å². The van der Waals surface area contributed by atoms with Crippen molar-refractivity contribution in [3.05, 3.63) is 40.2 Å². The van der Waals surface area contributed by atoms with E-state index in [0.29, 0.717) is 17.4 Å². The number of fused-ring (bicyclic) bond motifs is 1. The van der Waals surface area contributed by atoms with Gasteiger partial charge in [0.05, 0.1) is 17.5 Å². The Labute approximate surface area is 123 Å².